The molecule has 0 aliphatic carbocycles. The van der Waals surface area contributed by atoms with Crippen molar-refractivity contribution in [2.45, 2.75) is 12.8 Å². The number of anilines is 1. The van der Waals surface area contributed by atoms with E-state index in [0.717, 1.165) is 6.26 Å². The largest absolute Gasteiger partial charge is 0.481 e. The van der Waals surface area contributed by atoms with Gasteiger partial charge in [0.1, 0.15) is 0 Å². The first-order valence-electron chi connectivity index (χ1n) is 4.60. The monoisotopic (exact) mass is 243 g/mol. The van der Waals surface area contributed by atoms with Crippen LogP contribution in [0.5, 0.6) is 0 Å². The molecule has 1 aromatic rings. The van der Waals surface area contributed by atoms with Gasteiger partial charge in [0, 0.05) is 5.69 Å². The van der Waals surface area contributed by atoms with Gasteiger partial charge in [-0.1, -0.05) is 12.1 Å². The summed E-state index contributed by atoms with van der Waals surface area (Å²) in [5.74, 6) is -1.52. The lowest BCUT2D eigenvalue weighted by molar-refractivity contribution is -0.138. The molecule has 0 aliphatic rings. The van der Waals surface area contributed by atoms with Gasteiger partial charge in [-0.3, -0.25) is 9.52 Å². The molecule has 0 amide bonds. The predicted octanol–water partition coefficient (Wildman–Crippen LogP) is 1.25. The lowest BCUT2D eigenvalue weighted by Gasteiger charge is -2.08. The Morgan fingerprint density at radius 3 is 2.19 bits per heavy atom. The zero-order valence-electron chi connectivity index (χ0n) is 8.97. The minimum absolute atomic E-state index is 0.420. The molecule has 0 unspecified atom stereocenters. The van der Waals surface area contributed by atoms with Crippen LogP contribution in [0.2, 0.25) is 0 Å². The molecule has 0 heterocycles. The number of aliphatic carboxylic acids is 1. The highest BCUT2D eigenvalue weighted by Gasteiger charge is 2.13. The molecule has 0 saturated carbocycles. The van der Waals surface area contributed by atoms with Gasteiger partial charge < -0.3 is 5.11 Å². The van der Waals surface area contributed by atoms with Crippen molar-refractivity contribution in [2.75, 3.05) is 11.0 Å². The molecule has 2 N–H and O–H groups in total. The van der Waals surface area contributed by atoms with Gasteiger partial charge in [-0.25, -0.2) is 8.42 Å². The van der Waals surface area contributed by atoms with Gasteiger partial charge in [-0.15, -0.1) is 0 Å². The summed E-state index contributed by atoms with van der Waals surface area (Å²) < 4.78 is 24.1. The molecule has 0 bridgehead atoms. The zero-order valence-corrected chi connectivity index (χ0v) is 9.78. The summed E-state index contributed by atoms with van der Waals surface area (Å²) in [6, 6.07) is 6.25. The molecule has 5 nitrogen and oxygen atoms in total. The molecule has 6 heteroatoms. The Morgan fingerprint density at radius 1 is 1.31 bits per heavy atom. The van der Waals surface area contributed by atoms with Crippen LogP contribution >= 0.6 is 0 Å². The van der Waals surface area contributed by atoms with Crippen molar-refractivity contribution in [3.63, 3.8) is 0 Å². The van der Waals surface area contributed by atoms with Crippen LogP contribution in [0.15, 0.2) is 24.3 Å². The number of nitrogens with one attached hydrogen (secondary N) is 1. The van der Waals surface area contributed by atoms with E-state index in [4.69, 9.17) is 5.11 Å². The van der Waals surface area contributed by atoms with E-state index >= 15 is 0 Å². The van der Waals surface area contributed by atoms with E-state index < -0.39 is 21.9 Å². The van der Waals surface area contributed by atoms with Crippen LogP contribution in [-0.4, -0.2) is 25.7 Å². The van der Waals surface area contributed by atoms with Crippen LogP contribution in [0, 0.1) is 0 Å². The second kappa shape index (κ2) is 4.52. The summed E-state index contributed by atoms with van der Waals surface area (Å²) in [4.78, 5) is 10.7. The average molecular weight is 243 g/mol. The summed E-state index contributed by atoms with van der Waals surface area (Å²) in [6.07, 6.45) is 1.06. The van der Waals surface area contributed by atoms with Crippen LogP contribution in [0.4, 0.5) is 5.69 Å². The number of rotatable bonds is 4. The molecule has 0 saturated heterocycles. The lowest BCUT2D eigenvalue weighted by Crippen LogP contribution is -2.10. The standard InChI is InChI=1S/C10H13NO4S/c1-7(10(12)13)8-3-5-9(6-4-8)11-16(2,14)15/h3-7,11H,1-2H3,(H,12,13)/t7-/m1/s1. The first kappa shape index (κ1) is 12.5. The second-order valence-electron chi connectivity index (χ2n) is 3.56. The molecule has 1 atom stereocenters. The van der Waals surface area contributed by atoms with E-state index in [1.807, 2.05) is 0 Å². The second-order valence-corrected chi connectivity index (χ2v) is 5.30. The fourth-order valence-corrected chi connectivity index (χ4v) is 1.76. The van der Waals surface area contributed by atoms with Crippen LogP contribution in [-0.2, 0) is 14.8 Å². The van der Waals surface area contributed by atoms with Crippen molar-refractivity contribution in [1.29, 1.82) is 0 Å². The normalized spacial score (nSPS) is 13.1. The number of carboxylic acids is 1. The third kappa shape index (κ3) is 3.54. The third-order valence-corrected chi connectivity index (χ3v) is 2.69. The van der Waals surface area contributed by atoms with E-state index in [-0.39, 0.29) is 0 Å². The number of carbonyl (C=O) groups is 1. The molecule has 0 radical (unpaired) electrons. The van der Waals surface area contributed by atoms with Crippen LogP contribution in [0.1, 0.15) is 18.4 Å². The molecular weight excluding hydrogens is 230 g/mol. The van der Waals surface area contributed by atoms with Crippen molar-refractivity contribution < 1.29 is 18.3 Å². The molecule has 1 aromatic carbocycles. The van der Waals surface area contributed by atoms with Crippen molar-refractivity contribution >= 4 is 21.7 Å². The summed E-state index contributed by atoms with van der Waals surface area (Å²) >= 11 is 0. The molecule has 0 aromatic heterocycles. The molecule has 1 rings (SSSR count). The first-order valence-corrected chi connectivity index (χ1v) is 6.49. The van der Waals surface area contributed by atoms with Crippen molar-refractivity contribution in [3.05, 3.63) is 29.8 Å². The summed E-state index contributed by atoms with van der Waals surface area (Å²) in [5, 5.41) is 8.78. The highest BCUT2D eigenvalue weighted by atomic mass is 32.2. The van der Waals surface area contributed by atoms with Gasteiger partial charge in [0.05, 0.1) is 12.2 Å². The Balaban J connectivity index is 2.87. The Bertz CT molecular complexity index is 478. The Morgan fingerprint density at radius 2 is 1.81 bits per heavy atom. The molecule has 88 valence electrons. The topological polar surface area (TPSA) is 83.5 Å². The van der Waals surface area contributed by atoms with Gasteiger partial charge in [0.15, 0.2) is 0 Å². The number of benzene rings is 1. The van der Waals surface area contributed by atoms with E-state index in [0.29, 0.717) is 11.3 Å². The Labute approximate surface area is 94.2 Å². The molecule has 0 aliphatic heterocycles. The predicted molar refractivity (Wildman–Crippen MR) is 61.0 cm³/mol. The first-order chi connectivity index (χ1) is 7.29. The number of hydrogen-bond donors (Lipinski definition) is 2. The minimum Gasteiger partial charge on any atom is -0.481 e. The fraction of sp³-hybridized carbons (Fsp3) is 0.300. The number of carboxylic acid groups (broad SMARTS) is 1. The molecule has 16 heavy (non-hydrogen) atoms. The van der Waals surface area contributed by atoms with E-state index in [1.54, 1.807) is 19.1 Å². The van der Waals surface area contributed by atoms with Crippen molar-refractivity contribution in [3.8, 4) is 0 Å². The van der Waals surface area contributed by atoms with Gasteiger partial charge in [-0.2, -0.15) is 0 Å². The minimum atomic E-state index is -3.29. The lowest BCUT2D eigenvalue weighted by atomic mass is 10.0. The highest BCUT2D eigenvalue weighted by molar-refractivity contribution is 7.92. The van der Waals surface area contributed by atoms with Gasteiger partial charge in [-0.05, 0) is 24.6 Å². The van der Waals surface area contributed by atoms with E-state index in [2.05, 4.69) is 4.72 Å². The Kier molecular flexibility index (Phi) is 3.54. The number of hydrogen-bond acceptors (Lipinski definition) is 3. The Hall–Kier alpha value is -1.56. The van der Waals surface area contributed by atoms with Gasteiger partial charge >= 0.3 is 5.97 Å². The quantitative estimate of drug-likeness (QED) is 0.833. The molecular formula is C10H13NO4S. The van der Waals surface area contributed by atoms with Gasteiger partial charge in [0.2, 0.25) is 10.0 Å². The zero-order chi connectivity index (χ0) is 12.3. The van der Waals surface area contributed by atoms with Crippen molar-refractivity contribution in [2.24, 2.45) is 0 Å². The third-order valence-electron chi connectivity index (χ3n) is 2.08. The van der Waals surface area contributed by atoms with E-state index in [9.17, 15) is 13.2 Å². The molecule has 0 fully saturated rings. The van der Waals surface area contributed by atoms with Crippen LogP contribution < -0.4 is 4.72 Å². The van der Waals surface area contributed by atoms with Crippen LogP contribution in [0.3, 0.4) is 0 Å². The highest BCUT2D eigenvalue weighted by Crippen LogP contribution is 2.18. The summed E-state index contributed by atoms with van der Waals surface area (Å²) in [6.45, 7) is 1.57. The summed E-state index contributed by atoms with van der Waals surface area (Å²) in [5.41, 5.74) is 1.05. The van der Waals surface area contributed by atoms with Crippen molar-refractivity contribution in [1.82, 2.24) is 0 Å². The maximum Gasteiger partial charge on any atom is 0.310 e. The van der Waals surface area contributed by atoms with E-state index in [1.165, 1.54) is 12.1 Å². The van der Waals surface area contributed by atoms with Crippen LogP contribution in [0.25, 0.3) is 0 Å². The van der Waals surface area contributed by atoms with Gasteiger partial charge in [0.25, 0.3) is 0 Å². The maximum absolute atomic E-state index is 10.9. The molecule has 0 spiro atoms. The summed E-state index contributed by atoms with van der Waals surface area (Å²) in [7, 11) is -3.29. The smallest absolute Gasteiger partial charge is 0.310 e. The fourth-order valence-electron chi connectivity index (χ4n) is 1.20. The SMILES string of the molecule is C[C@@H](C(=O)O)c1ccc(NS(C)(=O)=O)cc1. The maximum atomic E-state index is 10.9. The average Bonchev–Trinajstić information content (AvgIpc) is 2.15. The number of sulfonamides is 1.